The average molecular weight is 202 g/mol. The fraction of sp³-hybridized carbons (Fsp3) is 1.00. The van der Waals surface area contributed by atoms with E-state index in [-0.39, 0.29) is 6.10 Å². The van der Waals surface area contributed by atoms with Crippen LogP contribution in [-0.4, -0.2) is 11.4 Å². The Bertz CT molecular complexity index is 123. The molecule has 2 unspecified atom stereocenters. The van der Waals surface area contributed by atoms with E-state index in [1.807, 2.05) is 6.92 Å². The van der Waals surface area contributed by atoms with Gasteiger partial charge >= 0.3 is 0 Å². The van der Waals surface area contributed by atoms with Crippen LogP contribution in [0.1, 0.15) is 59.8 Å². The van der Waals surface area contributed by atoms with Gasteiger partial charge in [-0.15, -0.1) is 0 Å². The van der Waals surface area contributed by atoms with Crippen molar-refractivity contribution >= 4 is 0 Å². The second-order valence-corrected chi connectivity index (χ2v) is 4.57. The Morgan fingerprint density at radius 3 is 2.14 bits per heavy atom. The van der Waals surface area contributed by atoms with Crippen molar-refractivity contribution in [3.8, 4) is 0 Å². The molecule has 2 nitrogen and oxygen atoms in total. The van der Waals surface area contributed by atoms with Crippen molar-refractivity contribution in [1.82, 2.24) is 0 Å². The van der Waals surface area contributed by atoms with Crippen molar-refractivity contribution in [2.45, 2.75) is 65.9 Å². The predicted molar refractivity (Wildman–Crippen MR) is 60.3 cm³/mol. The molecule has 0 aromatic carbocycles. The zero-order chi connectivity index (χ0) is 11.0. The monoisotopic (exact) mass is 202 g/mol. The lowest BCUT2D eigenvalue weighted by atomic mass is 9.86. The summed E-state index contributed by atoms with van der Waals surface area (Å²) in [4.78, 5) is 4.43. The van der Waals surface area contributed by atoms with E-state index in [0.29, 0.717) is 11.8 Å². The molecule has 0 aliphatic rings. The molecule has 0 bridgehead atoms. The van der Waals surface area contributed by atoms with Gasteiger partial charge in [0.2, 0.25) is 0 Å². The van der Waals surface area contributed by atoms with Crippen LogP contribution in [0.2, 0.25) is 0 Å². The minimum Gasteiger partial charge on any atom is -0.252 e. The van der Waals surface area contributed by atoms with Crippen LogP contribution < -0.4 is 0 Å². The summed E-state index contributed by atoms with van der Waals surface area (Å²) in [6.45, 7) is 8.56. The molecule has 0 saturated carbocycles. The van der Waals surface area contributed by atoms with E-state index >= 15 is 0 Å². The minimum atomic E-state index is -0.0309. The maximum atomic E-state index is 8.66. The molecule has 0 amide bonds. The summed E-state index contributed by atoms with van der Waals surface area (Å²) in [5.74, 6) is 1.07. The molecule has 0 heterocycles. The first-order chi connectivity index (χ1) is 6.63. The Morgan fingerprint density at radius 2 is 1.71 bits per heavy atom. The van der Waals surface area contributed by atoms with Gasteiger partial charge in [0.1, 0.15) is 0 Å². The molecule has 0 radical (unpaired) electrons. The molecule has 0 rings (SSSR count). The van der Waals surface area contributed by atoms with Crippen molar-refractivity contribution in [3.05, 3.63) is 0 Å². The Kier molecular flexibility index (Phi) is 8.20. The molecule has 1 N–H and O–H groups in total. The zero-order valence-corrected chi connectivity index (χ0v) is 10.1. The summed E-state index contributed by atoms with van der Waals surface area (Å²) in [6, 6.07) is 0. The van der Waals surface area contributed by atoms with Crippen LogP contribution in [0.15, 0.2) is 0 Å². The van der Waals surface area contributed by atoms with E-state index in [1.54, 1.807) is 0 Å². The normalized spacial score (nSPS) is 15.9. The Hall–Kier alpha value is -0.0800. The summed E-state index contributed by atoms with van der Waals surface area (Å²) in [5.41, 5.74) is 0. The molecule has 14 heavy (non-hydrogen) atoms. The van der Waals surface area contributed by atoms with Gasteiger partial charge in [-0.05, 0) is 25.2 Å². The van der Waals surface area contributed by atoms with Crippen LogP contribution in [0.3, 0.4) is 0 Å². The van der Waals surface area contributed by atoms with Crippen molar-refractivity contribution in [2.75, 3.05) is 0 Å². The molecular formula is C12H26O2. The summed E-state index contributed by atoms with van der Waals surface area (Å²) >= 11 is 0. The van der Waals surface area contributed by atoms with Gasteiger partial charge in [-0.1, -0.05) is 46.5 Å². The van der Waals surface area contributed by atoms with E-state index < -0.39 is 0 Å². The topological polar surface area (TPSA) is 29.5 Å². The van der Waals surface area contributed by atoms with Gasteiger partial charge in [0.15, 0.2) is 0 Å². The van der Waals surface area contributed by atoms with Gasteiger partial charge in [-0.3, -0.25) is 5.26 Å². The molecule has 0 saturated heterocycles. The Labute approximate surface area is 88.6 Å². The molecular weight excluding hydrogens is 176 g/mol. The first kappa shape index (κ1) is 13.9. The highest BCUT2D eigenvalue weighted by molar-refractivity contribution is 4.69. The molecule has 0 fully saturated rings. The summed E-state index contributed by atoms with van der Waals surface area (Å²) in [6.07, 6.45) is 6.29. The van der Waals surface area contributed by atoms with Crippen molar-refractivity contribution < 1.29 is 10.1 Å². The third kappa shape index (κ3) is 5.61. The second kappa shape index (κ2) is 8.25. The molecule has 0 aliphatic heterocycles. The van der Waals surface area contributed by atoms with E-state index in [2.05, 4.69) is 25.7 Å². The number of rotatable bonds is 8. The largest absolute Gasteiger partial charge is 0.252 e. The van der Waals surface area contributed by atoms with Gasteiger partial charge in [-0.25, -0.2) is 4.89 Å². The van der Waals surface area contributed by atoms with Crippen molar-refractivity contribution in [2.24, 2.45) is 11.8 Å². The van der Waals surface area contributed by atoms with Gasteiger partial charge < -0.3 is 0 Å². The van der Waals surface area contributed by atoms with E-state index in [9.17, 15) is 0 Å². The third-order valence-electron chi connectivity index (χ3n) is 3.02. The molecule has 0 spiro atoms. The second-order valence-electron chi connectivity index (χ2n) is 4.57. The van der Waals surface area contributed by atoms with E-state index in [4.69, 9.17) is 5.26 Å². The summed E-state index contributed by atoms with van der Waals surface area (Å²) < 4.78 is 0. The highest BCUT2D eigenvalue weighted by atomic mass is 17.1. The Balaban J connectivity index is 3.74. The van der Waals surface area contributed by atoms with Gasteiger partial charge in [0.25, 0.3) is 0 Å². The molecule has 0 aromatic rings. The molecule has 0 aliphatic carbocycles. The molecule has 86 valence electrons. The van der Waals surface area contributed by atoms with Crippen LogP contribution in [-0.2, 0) is 4.89 Å². The smallest absolute Gasteiger partial charge is 0.0929 e. The zero-order valence-electron chi connectivity index (χ0n) is 10.1. The highest BCUT2D eigenvalue weighted by Gasteiger charge is 2.20. The maximum Gasteiger partial charge on any atom is 0.0929 e. The molecule has 2 heteroatoms. The van der Waals surface area contributed by atoms with Gasteiger partial charge in [0, 0.05) is 0 Å². The number of hydrogen-bond donors (Lipinski definition) is 1. The van der Waals surface area contributed by atoms with Gasteiger partial charge in [0.05, 0.1) is 6.10 Å². The minimum absolute atomic E-state index is 0.0309. The van der Waals surface area contributed by atoms with Crippen molar-refractivity contribution in [1.29, 1.82) is 0 Å². The first-order valence-electron chi connectivity index (χ1n) is 5.93. The quantitative estimate of drug-likeness (QED) is 0.364. The lowest BCUT2D eigenvalue weighted by Gasteiger charge is -2.24. The number of hydrogen-bond acceptors (Lipinski definition) is 2. The third-order valence-corrected chi connectivity index (χ3v) is 3.02. The fourth-order valence-corrected chi connectivity index (χ4v) is 2.00. The SMILES string of the molecule is CCCCCCC(C(C)C)C(C)OO. The van der Waals surface area contributed by atoms with Crippen LogP contribution in [0.25, 0.3) is 0 Å². The van der Waals surface area contributed by atoms with Crippen molar-refractivity contribution in [3.63, 3.8) is 0 Å². The van der Waals surface area contributed by atoms with Crippen LogP contribution >= 0.6 is 0 Å². The maximum absolute atomic E-state index is 8.66. The standard InChI is InChI=1S/C12H26O2/c1-5-6-7-8-9-12(10(2)3)11(4)14-13/h10-13H,5-9H2,1-4H3. The van der Waals surface area contributed by atoms with E-state index in [1.165, 1.54) is 32.1 Å². The highest BCUT2D eigenvalue weighted by Crippen LogP contribution is 2.24. The summed E-state index contributed by atoms with van der Waals surface area (Å²) in [7, 11) is 0. The number of unbranched alkanes of at least 4 members (excludes halogenated alkanes) is 3. The fourth-order valence-electron chi connectivity index (χ4n) is 2.00. The lowest BCUT2D eigenvalue weighted by molar-refractivity contribution is -0.288. The summed E-state index contributed by atoms with van der Waals surface area (Å²) in [5, 5.41) is 8.66. The molecule has 0 aromatic heterocycles. The van der Waals surface area contributed by atoms with E-state index in [0.717, 1.165) is 0 Å². The molecule has 2 atom stereocenters. The average Bonchev–Trinajstić information content (AvgIpc) is 2.16. The lowest BCUT2D eigenvalue weighted by Crippen LogP contribution is -2.24. The predicted octanol–water partition coefficient (Wildman–Crippen LogP) is 4.11. The van der Waals surface area contributed by atoms with Gasteiger partial charge in [-0.2, -0.15) is 0 Å². The Morgan fingerprint density at radius 1 is 1.07 bits per heavy atom. The van der Waals surface area contributed by atoms with Crippen LogP contribution in [0.5, 0.6) is 0 Å². The van der Waals surface area contributed by atoms with Crippen LogP contribution in [0, 0.1) is 11.8 Å². The first-order valence-corrected chi connectivity index (χ1v) is 5.93. The van der Waals surface area contributed by atoms with Crippen LogP contribution in [0.4, 0.5) is 0 Å².